The van der Waals surface area contributed by atoms with Crippen LogP contribution in [0.4, 0.5) is 10.5 Å². The summed E-state index contributed by atoms with van der Waals surface area (Å²) in [5.41, 5.74) is 7.88. The van der Waals surface area contributed by atoms with Gasteiger partial charge in [0.2, 0.25) is 0 Å². The molecule has 2 atom stereocenters. The van der Waals surface area contributed by atoms with Crippen molar-refractivity contribution in [3.63, 3.8) is 0 Å². The Labute approximate surface area is 259 Å². The van der Waals surface area contributed by atoms with Gasteiger partial charge in [0, 0.05) is 28.4 Å². The number of hydrogen-bond donors (Lipinski definition) is 3. The van der Waals surface area contributed by atoms with Gasteiger partial charge >= 0.3 is 12.0 Å². The van der Waals surface area contributed by atoms with E-state index in [1.54, 1.807) is 10.6 Å². The number of para-hydroxylation sites is 1. The van der Waals surface area contributed by atoms with Crippen molar-refractivity contribution in [2.45, 2.75) is 58.9 Å². The minimum absolute atomic E-state index is 0.171. The van der Waals surface area contributed by atoms with Crippen molar-refractivity contribution >= 4 is 34.8 Å². The third-order valence-electron chi connectivity index (χ3n) is 8.73. The van der Waals surface area contributed by atoms with E-state index in [1.165, 1.54) is 0 Å². The maximum absolute atomic E-state index is 13.6. The number of nitrogens with one attached hydrogen (secondary N) is 2. The SMILES string of the molecule is CC1=C(CC(C)C)C(c2ccc(N=Cc3c4c(nc5ccccc35)-c3cc5c(c(=O)n3C4)COC(=O)CC5O)cc2)NC(=O)N1. The number of aliphatic imine (C=N–C) groups is 1. The van der Waals surface area contributed by atoms with Gasteiger partial charge in [-0.2, -0.15) is 0 Å². The van der Waals surface area contributed by atoms with Gasteiger partial charge in [-0.15, -0.1) is 0 Å². The fraction of sp³-hybridized carbons (Fsp3) is 0.286. The topological polar surface area (TPSA) is 135 Å². The molecule has 0 aliphatic carbocycles. The molecule has 0 spiro atoms. The molecule has 0 saturated carbocycles. The first-order chi connectivity index (χ1) is 21.7. The number of fused-ring (bicyclic) bond motifs is 5. The van der Waals surface area contributed by atoms with Crippen molar-refractivity contribution in [3.8, 4) is 11.4 Å². The fourth-order valence-corrected chi connectivity index (χ4v) is 6.55. The van der Waals surface area contributed by atoms with E-state index in [0.29, 0.717) is 22.9 Å². The number of nitrogens with zero attached hydrogens (tertiary/aromatic N) is 3. The molecule has 5 heterocycles. The van der Waals surface area contributed by atoms with Gasteiger partial charge in [-0.25, -0.2) is 9.78 Å². The number of carbonyl (C=O) groups excluding carboxylic acids is 2. The molecule has 0 radical (unpaired) electrons. The molecule has 10 heteroatoms. The van der Waals surface area contributed by atoms with Crippen molar-refractivity contribution in [2.75, 3.05) is 0 Å². The molecule has 4 aromatic rings. The summed E-state index contributed by atoms with van der Waals surface area (Å²) in [6.45, 7) is 6.37. The summed E-state index contributed by atoms with van der Waals surface area (Å²) in [6.07, 6.45) is 1.35. The van der Waals surface area contributed by atoms with Crippen molar-refractivity contribution in [1.29, 1.82) is 0 Å². The summed E-state index contributed by atoms with van der Waals surface area (Å²) in [5, 5.41) is 17.6. The molecule has 7 rings (SSSR count). The summed E-state index contributed by atoms with van der Waals surface area (Å²) in [4.78, 5) is 47.6. The number of aliphatic hydroxyl groups excluding tert-OH is 1. The zero-order valence-electron chi connectivity index (χ0n) is 25.3. The van der Waals surface area contributed by atoms with Crippen LogP contribution in [0.5, 0.6) is 0 Å². The molecule has 2 aromatic heterocycles. The Morgan fingerprint density at radius 3 is 2.67 bits per heavy atom. The number of aromatic nitrogens is 2. The van der Waals surface area contributed by atoms with Crippen molar-refractivity contribution in [3.05, 3.63) is 104 Å². The molecular weight excluding hydrogens is 570 g/mol. The molecule has 2 aromatic carbocycles. The standard InChI is InChI=1S/C35H33N5O5/c1-18(2)12-23-19(3)37-35(44)39-32(23)20-8-10-21(11-9-20)36-15-25-22-6-4-5-7-28(22)38-33-26(25)16-40-29(33)13-24-27(34(40)43)17-45-31(42)14-30(24)41/h4-11,13,15,18,30,32,41H,12,14,16-17H2,1-3H3,(H2,37,39,44). The molecule has 228 valence electrons. The van der Waals surface area contributed by atoms with Gasteiger partial charge in [-0.3, -0.25) is 14.6 Å². The van der Waals surface area contributed by atoms with Crippen molar-refractivity contribution in [1.82, 2.24) is 20.2 Å². The van der Waals surface area contributed by atoms with E-state index >= 15 is 0 Å². The predicted molar refractivity (Wildman–Crippen MR) is 170 cm³/mol. The van der Waals surface area contributed by atoms with E-state index in [0.717, 1.165) is 51.0 Å². The minimum atomic E-state index is -1.12. The number of esters is 1. The number of amides is 2. The van der Waals surface area contributed by atoms with Crippen molar-refractivity contribution in [2.24, 2.45) is 10.9 Å². The Balaban J connectivity index is 1.26. The lowest BCUT2D eigenvalue weighted by molar-refractivity contribution is -0.146. The first kappa shape index (κ1) is 28.7. The van der Waals surface area contributed by atoms with Gasteiger partial charge < -0.3 is 25.0 Å². The van der Waals surface area contributed by atoms with E-state index in [-0.39, 0.29) is 42.8 Å². The lowest BCUT2D eigenvalue weighted by atomic mass is 9.89. The van der Waals surface area contributed by atoms with E-state index < -0.39 is 12.1 Å². The van der Waals surface area contributed by atoms with Crippen LogP contribution in [0.15, 0.2) is 75.7 Å². The molecule has 3 N–H and O–H groups in total. The highest BCUT2D eigenvalue weighted by Crippen LogP contribution is 2.38. The summed E-state index contributed by atoms with van der Waals surface area (Å²) >= 11 is 0. The van der Waals surface area contributed by atoms with Crippen LogP contribution in [0.3, 0.4) is 0 Å². The molecule has 0 fully saturated rings. The third kappa shape index (κ3) is 5.10. The van der Waals surface area contributed by atoms with E-state index in [2.05, 4.69) is 24.5 Å². The van der Waals surface area contributed by atoms with E-state index in [9.17, 15) is 19.5 Å². The zero-order valence-corrected chi connectivity index (χ0v) is 25.3. The summed E-state index contributed by atoms with van der Waals surface area (Å²) in [6, 6.07) is 17.0. The molecule has 2 unspecified atom stereocenters. The van der Waals surface area contributed by atoms with E-state index in [4.69, 9.17) is 14.7 Å². The monoisotopic (exact) mass is 603 g/mol. The van der Waals surface area contributed by atoms with Gasteiger partial charge in [-0.1, -0.05) is 44.2 Å². The number of pyridine rings is 2. The Bertz CT molecular complexity index is 2010. The minimum Gasteiger partial charge on any atom is -0.460 e. The highest BCUT2D eigenvalue weighted by atomic mass is 16.5. The molecule has 45 heavy (non-hydrogen) atoms. The van der Waals surface area contributed by atoms with Crippen LogP contribution in [0.1, 0.15) is 73.6 Å². The normalized spacial score (nSPS) is 19.2. The second-order valence-corrected chi connectivity index (χ2v) is 12.2. The molecule has 3 aliphatic heterocycles. The Kier molecular flexibility index (Phi) is 7.08. The number of urea groups is 1. The maximum Gasteiger partial charge on any atom is 0.319 e. The summed E-state index contributed by atoms with van der Waals surface area (Å²) in [7, 11) is 0. The fourth-order valence-electron chi connectivity index (χ4n) is 6.55. The van der Waals surface area contributed by atoms with Crippen LogP contribution in [-0.4, -0.2) is 32.9 Å². The average molecular weight is 604 g/mol. The number of allylic oxidation sites excluding steroid dienone is 1. The number of ether oxygens (including phenoxy) is 1. The highest BCUT2D eigenvalue weighted by molar-refractivity contribution is 6.03. The van der Waals surface area contributed by atoms with Gasteiger partial charge in [-0.05, 0) is 60.2 Å². The largest absolute Gasteiger partial charge is 0.460 e. The van der Waals surface area contributed by atoms with Crippen LogP contribution in [0.25, 0.3) is 22.3 Å². The van der Waals surface area contributed by atoms with Gasteiger partial charge in [0.1, 0.15) is 6.61 Å². The number of carbonyl (C=O) groups is 2. The lowest BCUT2D eigenvalue weighted by Crippen LogP contribution is -2.43. The first-order valence-electron chi connectivity index (χ1n) is 15.1. The molecule has 2 amide bonds. The molecule has 0 bridgehead atoms. The maximum atomic E-state index is 13.6. The number of cyclic esters (lactones) is 1. The Hall–Kier alpha value is -5.09. The Morgan fingerprint density at radius 2 is 1.89 bits per heavy atom. The van der Waals surface area contributed by atoms with Crippen LogP contribution in [0.2, 0.25) is 0 Å². The van der Waals surface area contributed by atoms with E-state index in [1.807, 2.05) is 61.7 Å². The number of hydrogen-bond acceptors (Lipinski definition) is 7. The smallest absolute Gasteiger partial charge is 0.319 e. The van der Waals surface area contributed by atoms with Crippen LogP contribution in [-0.2, 0) is 22.7 Å². The Morgan fingerprint density at radius 1 is 1.11 bits per heavy atom. The molecule has 3 aliphatic rings. The number of benzene rings is 2. The molecule has 10 nitrogen and oxygen atoms in total. The van der Waals surface area contributed by atoms with Crippen molar-refractivity contribution < 1.29 is 19.4 Å². The van der Waals surface area contributed by atoms with Gasteiger partial charge in [0.25, 0.3) is 5.56 Å². The quantitative estimate of drug-likeness (QED) is 0.184. The lowest BCUT2D eigenvalue weighted by Gasteiger charge is -2.30. The van der Waals surface area contributed by atoms with Crippen LogP contribution < -0.4 is 16.2 Å². The van der Waals surface area contributed by atoms with Crippen LogP contribution in [0, 0.1) is 5.92 Å². The van der Waals surface area contributed by atoms with Gasteiger partial charge in [0.05, 0.1) is 53.3 Å². The molecular formula is C35H33N5O5. The average Bonchev–Trinajstić information content (AvgIpc) is 3.31. The summed E-state index contributed by atoms with van der Waals surface area (Å²) in [5.74, 6) is -0.100. The van der Waals surface area contributed by atoms with Crippen LogP contribution >= 0.6 is 0 Å². The second kappa shape index (κ2) is 11.1. The molecule has 0 saturated heterocycles. The van der Waals surface area contributed by atoms with Gasteiger partial charge in [0.15, 0.2) is 0 Å². The number of rotatable bonds is 5. The second-order valence-electron chi connectivity index (χ2n) is 12.2. The highest BCUT2D eigenvalue weighted by Gasteiger charge is 2.32. The first-order valence-corrected chi connectivity index (χ1v) is 15.1. The third-order valence-corrected chi connectivity index (χ3v) is 8.73. The number of aliphatic hydroxyl groups is 1. The predicted octanol–water partition coefficient (Wildman–Crippen LogP) is 5.33. The summed E-state index contributed by atoms with van der Waals surface area (Å²) < 4.78 is 6.83. The zero-order chi connectivity index (χ0) is 31.4.